The van der Waals surface area contributed by atoms with Gasteiger partial charge in [0.05, 0.1) is 24.1 Å². The maximum absolute atomic E-state index is 15.5. The molecule has 0 radical (unpaired) electrons. The van der Waals surface area contributed by atoms with Crippen molar-refractivity contribution in [3.8, 4) is 5.75 Å². The number of nitrogens with zero attached hydrogens (tertiary/aromatic N) is 5. The number of nitrogens with one attached hydrogen (secondary N) is 2. The van der Waals surface area contributed by atoms with Crippen LogP contribution in [-0.4, -0.2) is 57.5 Å². The topological polar surface area (TPSA) is 96.7 Å². The van der Waals surface area contributed by atoms with Crippen molar-refractivity contribution in [1.29, 1.82) is 0 Å². The number of imidazole rings is 1. The Bertz CT molecular complexity index is 1390. The van der Waals surface area contributed by atoms with Crippen molar-refractivity contribution in [2.75, 3.05) is 30.4 Å². The van der Waals surface area contributed by atoms with Crippen LogP contribution in [0.4, 0.5) is 15.8 Å². The van der Waals surface area contributed by atoms with Crippen LogP contribution in [0.2, 0.25) is 0 Å². The van der Waals surface area contributed by atoms with Gasteiger partial charge in [0.2, 0.25) is 0 Å². The Morgan fingerprint density at radius 3 is 2.56 bits per heavy atom. The fourth-order valence-electron chi connectivity index (χ4n) is 4.67. The Morgan fingerprint density at radius 2 is 1.85 bits per heavy atom. The second-order valence-electron chi connectivity index (χ2n) is 8.75. The summed E-state index contributed by atoms with van der Waals surface area (Å²) in [6, 6.07) is 3.31. The van der Waals surface area contributed by atoms with Gasteiger partial charge in [-0.25, -0.2) is 9.37 Å². The van der Waals surface area contributed by atoms with Crippen LogP contribution < -0.4 is 20.3 Å². The number of methoxy groups -OCH3 is 1. The Hall–Kier alpha value is -3.79. The summed E-state index contributed by atoms with van der Waals surface area (Å²) in [5.41, 5.74) is 3.15. The van der Waals surface area contributed by atoms with E-state index in [4.69, 9.17) is 4.74 Å². The molecule has 1 aliphatic rings. The number of rotatable bonds is 4. The van der Waals surface area contributed by atoms with E-state index >= 15 is 4.39 Å². The van der Waals surface area contributed by atoms with Crippen molar-refractivity contribution >= 4 is 34.0 Å². The summed E-state index contributed by atoms with van der Waals surface area (Å²) in [6.07, 6.45) is 6.59. The van der Waals surface area contributed by atoms with E-state index in [1.165, 1.54) is 18.5 Å². The van der Waals surface area contributed by atoms with E-state index in [2.05, 4.69) is 39.4 Å². The Labute approximate surface area is 196 Å². The number of benzene rings is 1. The van der Waals surface area contributed by atoms with Gasteiger partial charge in [0.15, 0.2) is 11.4 Å². The van der Waals surface area contributed by atoms with Gasteiger partial charge >= 0.3 is 0 Å². The molecular weight excluding hydrogens is 437 g/mol. The molecule has 1 amide bonds. The smallest absolute Gasteiger partial charge is 0.258 e. The van der Waals surface area contributed by atoms with Crippen LogP contribution >= 0.6 is 0 Å². The highest BCUT2D eigenvalue weighted by molar-refractivity contribution is 6.13. The van der Waals surface area contributed by atoms with E-state index in [0.717, 1.165) is 5.69 Å². The summed E-state index contributed by atoms with van der Waals surface area (Å²) in [6.45, 7) is 7.25. The monoisotopic (exact) mass is 463 g/mol. The average molecular weight is 464 g/mol. The van der Waals surface area contributed by atoms with E-state index in [0.29, 0.717) is 46.9 Å². The summed E-state index contributed by atoms with van der Waals surface area (Å²) >= 11 is 0. The van der Waals surface area contributed by atoms with E-state index in [-0.39, 0.29) is 17.6 Å². The lowest BCUT2D eigenvalue weighted by Gasteiger charge is -2.38. The number of pyridine rings is 1. The number of carbonyl (C=O) groups excluding carboxylic acids is 1. The highest BCUT2D eigenvalue weighted by atomic mass is 19.1. The third kappa shape index (κ3) is 3.90. The lowest BCUT2D eigenvalue weighted by atomic mass is 10.1. The van der Waals surface area contributed by atoms with E-state index in [1.807, 2.05) is 18.0 Å². The average Bonchev–Trinajstić information content (AvgIpc) is 3.17. The molecule has 1 fully saturated rings. The molecule has 4 heterocycles. The zero-order valence-electron chi connectivity index (χ0n) is 19.5. The molecule has 1 aliphatic heterocycles. The summed E-state index contributed by atoms with van der Waals surface area (Å²) < 4.78 is 22.7. The second kappa shape index (κ2) is 8.53. The van der Waals surface area contributed by atoms with Crippen LogP contribution in [0.1, 0.15) is 29.9 Å². The number of halogens is 1. The molecular formula is C24H26FN7O2. The molecule has 176 valence electrons. The largest absolute Gasteiger partial charge is 0.493 e. The number of hydrogen-bond donors (Lipinski definition) is 2. The lowest BCUT2D eigenvalue weighted by Crippen LogP contribution is -2.54. The predicted octanol–water partition coefficient (Wildman–Crippen LogP) is 3.17. The van der Waals surface area contributed by atoms with Gasteiger partial charge in [-0.3, -0.25) is 14.8 Å². The number of piperazine rings is 1. The zero-order chi connectivity index (χ0) is 24.0. The quantitative estimate of drug-likeness (QED) is 0.480. The molecule has 0 bridgehead atoms. The molecule has 0 aliphatic carbocycles. The van der Waals surface area contributed by atoms with Gasteiger partial charge in [0, 0.05) is 56.0 Å². The SMILES string of the molecule is COc1cc(NC(=O)c2cc(F)c(N3C[C@@H](C)N[C@@H](C)C3)c3nccnc23)cn2cc(C)nc12. The predicted molar refractivity (Wildman–Crippen MR) is 128 cm³/mol. The maximum atomic E-state index is 15.5. The van der Waals surface area contributed by atoms with Crippen molar-refractivity contribution in [3.05, 3.63) is 54.0 Å². The minimum atomic E-state index is -0.502. The number of fused-ring (bicyclic) bond motifs is 2. The normalized spacial score (nSPS) is 18.4. The van der Waals surface area contributed by atoms with Gasteiger partial charge in [0.25, 0.3) is 5.91 Å². The van der Waals surface area contributed by atoms with Crippen molar-refractivity contribution in [2.24, 2.45) is 0 Å². The summed E-state index contributed by atoms with van der Waals surface area (Å²) in [4.78, 5) is 28.5. The van der Waals surface area contributed by atoms with E-state index < -0.39 is 11.7 Å². The minimum Gasteiger partial charge on any atom is -0.493 e. The Morgan fingerprint density at radius 1 is 1.15 bits per heavy atom. The molecule has 5 rings (SSSR count). The molecule has 0 spiro atoms. The minimum absolute atomic E-state index is 0.112. The molecule has 2 N–H and O–H groups in total. The molecule has 1 aromatic carbocycles. The molecule has 4 aromatic rings. The van der Waals surface area contributed by atoms with Crippen LogP contribution in [0.5, 0.6) is 5.75 Å². The maximum Gasteiger partial charge on any atom is 0.258 e. The molecule has 9 nitrogen and oxygen atoms in total. The Kier molecular flexibility index (Phi) is 5.52. The van der Waals surface area contributed by atoms with E-state index in [1.54, 1.807) is 23.8 Å². The number of ether oxygens (including phenoxy) is 1. The van der Waals surface area contributed by atoms with Crippen LogP contribution in [-0.2, 0) is 0 Å². The number of aromatic nitrogens is 4. The molecule has 2 atom stereocenters. The second-order valence-corrected chi connectivity index (χ2v) is 8.75. The molecule has 3 aromatic heterocycles. The molecule has 0 unspecified atom stereocenters. The van der Waals surface area contributed by atoms with Crippen LogP contribution in [0.25, 0.3) is 16.7 Å². The fourth-order valence-corrected chi connectivity index (χ4v) is 4.67. The first kappa shape index (κ1) is 22.0. The van der Waals surface area contributed by atoms with Crippen molar-refractivity contribution in [1.82, 2.24) is 24.7 Å². The van der Waals surface area contributed by atoms with E-state index in [9.17, 15) is 4.79 Å². The molecule has 34 heavy (non-hydrogen) atoms. The summed E-state index contributed by atoms with van der Waals surface area (Å²) in [7, 11) is 1.54. The van der Waals surface area contributed by atoms with Gasteiger partial charge < -0.3 is 24.7 Å². The van der Waals surface area contributed by atoms with Gasteiger partial charge in [-0.15, -0.1) is 0 Å². The first-order valence-electron chi connectivity index (χ1n) is 11.1. The third-order valence-electron chi connectivity index (χ3n) is 5.91. The van der Waals surface area contributed by atoms with Crippen molar-refractivity contribution in [2.45, 2.75) is 32.9 Å². The molecule has 1 saturated heterocycles. The number of amides is 1. The van der Waals surface area contributed by atoms with Crippen LogP contribution in [0, 0.1) is 12.7 Å². The summed E-state index contributed by atoms with van der Waals surface area (Å²) in [5.74, 6) is -0.479. The molecule has 0 saturated carbocycles. The summed E-state index contributed by atoms with van der Waals surface area (Å²) in [5, 5.41) is 6.29. The van der Waals surface area contributed by atoms with Gasteiger partial charge in [0.1, 0.15) is 22.5 Å². The van der Waals surface area contributed by atoms with Crippen LogP contribution in [0.3, 0.4) is 0 Å². The first-order chi connectivity index (χ1) is 16.3. The van der Waals surface area contributed by atoms with Crippen LogP contribution in [0.15, 0.2) is 36.9 Å². The third-order valence-corrected chi connectivity index (χ3v) is 5.91. The zero-order valence-corrected chi connectivity index (χ0v) is 19.5. The number of anilines is 2. The number of hydrogen-bond acceptors (Lipinski definition) is 7. The van der Waals surface area contributed by atoms with Crippen molar-refractivity contribution in [3.63, 3.8) is 0 Å². The highest BCUT2D eigenvalue weighted by Gasteiger charge is 2.28. The Balaban J connectivity index is 1.55. The lowest BCUT2D eigenvalue weighted by molar-refractivity contribution is 0.102. The van der Waals surface area contributed by atoms with Gasteiger partial charge in [-0.2, -0.15) is 0 Å². The number of aryl methyl sites for hydroxylation is 1. The first-order valence-corrected chi connectivity index (χ1v) is 11.1. The fraction of sp³-hybridized carbons (Fsp3) is 0.333. The highest BCUT2D eigenvalue weighted by Crippen LogP contribution is 2.32. The number of carbonyl (C=O) groups is 1. The standard InChI is InChI=1S/C24H26FN7O2/c1-13-9-31(10-14(2)28-13)22-18(25)8-17(20-21(22)27-6-5-26-20)24(33)30-16-7-19(34-4)23-29-15(3)11-32(23)12-16/h5-8,11-14,28H,9-10H2,1-4H3,(H,30,33)/t13-,14+. The van der Waals surface area contributed by atoms with Gasteiger partial charge in [-0.05, 0) is 26.8 Å². The van der Waals surface area contributed by atoms with Crippen molar-refractivity contribution < 1.29 is 13.9 Å². The molecule has 10 heteroatoms. The van der Waals surface area contributed by atoms with Gasteiger partial charge in [-0.1, -0.05) is 0 Å².